The topological polar surface area (TPSA) is 64.2 Å². The lowest BCUT2D eigenvalue weighted by molar-refractivity contribution is 0.674. The molecule has 2 atom stereocenters. The van der Waals surface area contributed by atoms with Crippen molar-refractivity contribution in [3.63, 3.8) is 0 Å². The van der Waals surface area contributed by atoms with Crippen LogP contribution in [0.15, 0.2) is 41.8 Å². The number of hydrogen-bond donors (Lipinski definition) is 1. The summed E-state index contributed by atoms with van der Waals surface area (Å²) in [6.45, 7) is 0.558. The summed E-state index contributed by atoms with van der Waals surface area (Å²) in [6.07, 6.45) is 3.41. The Kier molecular flexibility index (Phi) is 2.68. The molecule has 3 rings (SSSR count). The van der Waals surface area contributed by atoms with E-state index in [0.29, 0.717) is 11.6 Å². The number of rotatable bonds is 2. The van der Waals surface area contributed by atoms with Gasteiger partial charge in [0, 0.05) is 13.2 Å². The van der Waals surface area contributed by atoms with Crippen LogP contribution in [-0.4, -0.2) is 20.3 Å². The van der Waals surface area contributed by atoms with E-state index in [9.17, 15) is 4.21 Å². The van der Waals surface area contributed by atoms with Gasteiger partial charge in [0.25, 0.3) is 0 Å². The zero-order valence-corrected chi connectivity index (χ0v) is 10.8. The molecular formula is C12H14N4OS. The summed E-state index contributed by atoms with van der Waals surface area (Å²) >= 11 is 0. The third-order valence-electron chi connectivity index (χ3n) is 3.03. The van der Waals surface area contributed by atoms with Crippen LogP contribution in [-0.2, 0) is 18.0 Å². The van der Waals surface area contributed by atoms with Crippen molar-refractivity contribution < 1.29 is 4.21 Å². The van der Waals surface area contributed by atoms with Crippen LogP contribution in [0.5, 0.6) is 0 Å². The molecule has 0 bridgehead atoms. The predicted molar refractivity (Wildman–Crippen MR) is 70.3 cm³/mol. The number of benzene rings is 1. The first kappa shape index (κ1) is 11.4. The Balaban J connectivity index is 1.98. The van der Waals surface area contributed by atoms with Crippen molar-refractivity contribution in [1.82, 2.24) is 9.55 Å². The summed E-state index contributed by atoms with van der Waals surface area (Å²) in [4.78, 5) is 4.14. The van der Waals surface area contributed by atoms with E-state index in [1.807, 2.05) is 35.6 Å². The highest BCUT2D eigenvalue weighted by Gasteiger charge is 2.30. The molecule has 2 N–H and O–H groups in total. The molecule has 0 saturated heterocycles. The van der Waals surface area contributed by atoms with Gasteiger partial charge in [-0.25, -0.2) is 9.19 Å². The number of imidazole rings is 1. The maximum absolute atomic E-state index is 12.5. The quantitative estimate of drug-likeness (QED) is 0.877. The zero-order chi connectivity index (χ0) is 12.7. The maximum Gasteiger partial charge on any atom is 0.173 e. The maximum atomic E-state index is 12.5. The van der Waals surface area contributed by atoms with Crippen molar-refractivity contribution in [2.24, 2.45) is 12.8 Å². The van der Waals surface area contributed by atoms with E-state index in [1.165, 1.54) is 0 Å². The fourth-order valence-electron chi connectivity index (χ4n) is 2.15. The van der Waals surface area contributed by atoms with E-state index in [0.717, 1.165) is 11.3 Å². The molecule has 0 aliphatic carbocycles. The van der Waals surface area contributed by atoms with Gasteiger partial charge in [-0.05, 0) is 11.6 Å². The zero-order valence-electron chi connectivity index (χ0n) is 9.98. The molecule has 1 aliphatic heterocycles. The van der Waals surface area contributed by atoms with Gasteiger partial charge in [0.15, 0.2) is 16.0 Å². The van der Waals surface area contributed by atoms with Crippen LogP contribution in [0, 0.1) is 0 Å². The van der Waals surface area contributed by atoms with E-state index < -0.39 is 11.0 Å². The second-order valence-corrected chi connectivity index (χ2v) is 5.71. The molecule has 0 fully saturated rings. The molecule has 6 heteroatoms. The minimum atomic E-state index is -1.30. The van der Waals surface area contributed by atoms with Crippen LogP contribution in [0.3, 0.4) is 0 Å². The third-order valence-corrected chi connectivity index (χ3v) is 4.34. The number of aryl methyl sites for hydroxylation is 1. The summed E-state index contributed by atoms with van der Waals surface area (Å²) in [5.74, 6) is 0. The van der Waals surface area contributed by atoms with Crippen LogP contribution in [0.2, 0.25) is 0 Å². The summed E-state index contributed by atoms with van der Waals surface area (Å²) in [5.41, 5.74) is 8.04. The molecule has 0 saturated carbocycles. The van der Waals surface area contributed by atoms with Gasteiger partial charge in [-0.2, -0.15) is 0 Å². The van der Waals surface area contributed by atoms with Gasteiger partial charge in [-0.1, -0.05) is 18.2 Å². The van der Waals surface area contributed by atoms with Crippen LogP contribution in [0.1, 0.15) is 11.6 Å². The lowest BCUT2D eigenvalue weighted by Gasteiger charge is -2.16. The minimum absolute atomic E-state index is 0.0890. The summed E-state index contributed by atoms with van der Waals surface area (Å²) in [7, 11) is 0.560. The molecule has 18 heavy (non-hydrogen) atoms. The fourth-order valence-corrected chi connectivity index (χ4v) is 3.41. The summed E-state index contributed by atoms with van der Waals surface area (Å²) < 4.78 is 16.1. The van der Waals surface area contributed by atoms with E-state index in [-0.39, 0.29) is 6.04 Å². The number of aromatic nitrogens is 2. The molecule has 5 nitrogen and oxygen atoms in total. The van der Waals surface area contributed by atoms with E-state index in [1.54, 1.807) is 17.1 Å². The average molecular weight is 262 g/mol. The molecule has 0 spiro atoms. The van der Waals surface area contributed by atoms with Crippen molar-refractivity contribution >= 4 is 16.7 Å². The molecule has 0 radical (unpaired) electrons. The van der Waals surface area contributed by atoms with Crippen molar-refractivity contribution in [2.45, 2.75) is 11.1 Å². The molecule has 1 aromatic heterocycles. The van der Waals surface area contributed by atoms with Crippen LogP contribution < -0.4 is 10.0 Å². The Hall–Kier alpha value is -1.66. The SMILES string of the molecule is Cn1cnc(S(=O)N2CC(N)c3ccccc32)c1. The smallest absolute Gasteiger partial charge is 0.173 e. The molecule has 2 unspecified atom stereocenters. The van der Waals surface area contributed by atoms with Crippen LogP contribution >= 0.6 is 0 Å². The standard InChI is InChI=1S/C12H14N4OS/c1-15-7-12(14-8-15)18(17)16-6-10(13)9-4-2-3-5-11(9)16/h2-5,7-8,10H,6,13H2,1H3. The van der Waals surface area contributed by atoms with Crippen LogP contribution in [0.4, 0.5) is 5.69 Å². The van der Waals surface area contributed by atoms with Gasteiger partial charge in [-0.15, -0.1) is 0 Å². The molecular weight excluding hydrogens is 248 g/mol. The first-order chi connectivity index (χ1) is 8.66. The number of para-hydroxylation sites is 1. The molecule has 1 aliphatic rings. The van der Waals surface area contributed by atoms with Crippen molar-refractivity contribution in [3.05, 3.63) is 42.4 Å². The number of nitrogens with two attached hydrogens (primary N) is 1. The number of fused-ring (bicyclic) bond motifs is 1. The van der Waals surface area contributed by atoms with E-state index in [2.05, 4.69) is 4.98 Å². The van der Waals surface area contributed by atoms with E-state index in [4.69, 9.17) is 5.73 Å². The summed E-state index contributed by atoms with van der Waals surface area (Å²) in [6, 6.07) is 7.72. The largest absolute Gasteiger partial charge is 0.339 e. The highest BCUT2D eigenvalue weighted by Crippen LogP contribution is 2.35. The minimum Gasteiger partial charge on any atom is -0.339 e. The first-order valence-electron chi connectivity index (χ1n) is 5.68. The number of hydrogen-bond acceptors (Lipinski definition) is 3. The van der Waals surface area contributed by atoms with Gasteiger partial charge >= 0.3 is 0 Å². The molecule has 94 valence electrons. The molecule has 2 aromatic rings. The molecule has 2 heterocycles. The Labute approximate surface area is 108 Å². The van der Waals surface area contributed by atoms with Gasteiger partial charge in [0.2, 0.25) is 0 Å². The van der Waals surface area contributed by atoms with Crippen molar-refractivity contribution in [1.29, 1.82) is 0 Å². The lowest BCUT2D eigenvalue weighted by atomic mass is 10.1. The number of anilines is 1. The second-order valence-electron chi connectivity index (χ2n) is 4.35. The van der Waals surface area contributed by atoms with Crippen molar-refractivity contribution in [2.75, 3.05) is 10.8 Å². The van der Waals surface area contributed by atoms with Gasteiger partial charge in [0.05, 0.1) is 24.6 Å². The first-order valence-corrected chi connectivity index (χ1v) is 6.79. The lowest BCUT2D eigenvalue weighted by Crippen LogP contribution is -2.26. The van der Waals surface area contributed by atoms with Crippen molar-refractivity contribution in [3.8, 4) is 0 Å². The summed E-state index contributed by atoms with van der Waals surface area (Å²) in [5, 5.41) is 0.557. The highest BCUT2D eigenvalue weighted by molar-refractivity contribution is 7.86. The van der Waals surface area contributed by atoms with E-state index >= 15 is 0 Å². The van der Waals surface area contributed by atoms with Gasteiger partial charge in [0.1, 0.15) is 0 Å². The number of nitrogens with zero attached hydrogens (tertiary/aromatic N) is 3. The second kappa shape index (κ2) is 4.22. The Bertz CT molecular complexity index is 610. The highest BCUT2D eigenvalue weighted by atomic mass is 32.2. The van der Waals surface area contributed by atoms with Gasteiger partial charge < -0.3 is 10.3 Å². The Morgan fingerprint density at radius 3 is 2.94 bits per heavy atom. The molecule has 0 amide bonds. The average Bonchev–Trinajstić information content (AvgIpc) is 2.94. The van der Waals surface area contributed by atoms with Crippen LogP contribution in [0.25, 0.3) is 0 Å². The monoisotopic (exact) mass is 262 g/mol. The Morgan fingerprint density at radius 2 is 2.22 bits per heavy atom. The normalized spacial score (nSPS) is 19.9. The van der Waals surface area contributed by atoms with Gasteiger partial charge in [-0.3, -0.25) is 4.31 Å². The molecule has 1 aromatic carbocycles. The predicted octanol–water partition coefficient (Wildman–Crippen LogP) is 0.963. The fraction of sp³-hybridized carbons (Fsp3) is 0.250. The Morgan fingerprint density at radius 1 is 1.44 bits per heavy atom. The third kappa shape index (κ3) is 1.74.